The van der Waals surface area contributed by atoms with Gasteiger partial charge in [0.15, 0.2) is 0 Å². The number of pyridine rings is 1. The van der Waals surface area contributed by atoms with Gasteiger partial charge < -0.3 is 4.40 Å². The molecule has 0 aliphatic carbocycles. The SMILES string of the molecule is Cc1ccc(C(C)C)n2ccnc12. The number of imidazole rings is 1. The van der Waals surface area contributed by atoms with Crippen LogP contribution in [0.15, 0.2) is 24.5 Å². The summed E-state index contributed by atoms with van der Waals surface area (Å²) in [5.74, 6) is 0.539. The molecule has 2 aromatic rings. The average molecular weight is 174 g/mol. The van der Waals surface area contributed by atoms with Crippen molar-refractivity contribution >= 4 is 5.65 Å². The lowest BCUT2D eigenvalue weighted by molar-refractivity contribution is 0.800. The third kappa shape index (κ3) is 1.22. The molecule has 0 amide bonds. The quantitative estimate of drug-likeness (QED) is 0.649. The molecule has 0 atom stereocenters. The standard InChI is InChI=1S/C11H14N2/c1-8(2)10-5-4-9(3)11-12-6-7-13(10)11/h4-8H,1-3H3. The summed E-state index contributed by atoms with van der Waals surface area (Å²) in [6.07, 6.45) is 3.88. The highest BCUT2D eigenvalue weighted by molar-refractivity contribution is 5.48. The lowest BCUT2D eigenvalue weighted by atomic mass is 10.1. The average Bonchev–Trinajstić information content (AvgIpc) is 2.53. The molecule has 0 saturated carbocycles. The van der Waals surface area contributed by atoms with Crippen molar-refractivity contribution in [2.24, 2.45) is 0 Å². The van der Waals surface area contributed by atoms with Crippen molar-refractivity contribution in [2.45, 2.75) is 26.7 Å². The smallest absolute Gasteiger partial charge is 0.139 e. The number of rotatable bonds is 1. The van der Waals surface area contributed by atoms with Crippen LogP contribution < -0.4 is 0 Å². The van der Waals surface area contributed by atoms with E-state index in [4.69, 9.17) is 0 Å². The first-order chi connectivity index (χ1) is 6.20. The zero-order valence-corrected chi connectivity index (χ0v) is 8.28. The van der Waals surface area contributed by atoms with Gasteiger partial charge in [-0.3, -0.25) is 0 Å². The van der Waals surface area contributed by atoms with Crippen LogP contribution in [0.3, 0.4) is 0 Å². The normalized spacial score (nSPS) is 11.4. The maximum absolute atomic E-state index is 4.32. The van der Waals surface area contributed by atoms with Crippen LogP contribution >= 0.6 is 0 Å². The summed E-state index contributed by atoms with van der Waals surface area (Å²) in [5.41, 5.74) is 3.62. The predicted molar refractivity (Wildman–Crippen MR) is 54.0 cm³/mol. The van der Waals surface area contributed by atoms with Crippen LogP contribution in [0.4, 0.5) is 0 Å². The molecular formula is C11H14N2. The van der Waals surface area contributed by atoms with Gasteiger partial charge in [-0.05, 0) is 24.5 Å². The van der Waals surface area contributed by atoms with E-state index in [1.807, 2.05) is 12.4 Å². The molecule has 0 fully saturated rings. The minimum absolute atomic E-state index is 0.539. The van der Waals surface area contributed by atoms with E-state index in [1.165, 1.54) is 11.3 Å². The van der Waals surface area contributed by atoms with E-state index in [-0.39, 0.29) is 0 Å². The fraction of sp³-hybridized carbons (Fsp3) is 0.364. The number of fused-ring (bicyclic) bond motifs is 1. The number of hydrogen-bond donors (Lipinski definition) is 0. The Morgan fingerprint density at radius 1 is 1.31 bits per heavy atom. The summed E-state index contributed by atoms with van der Waals surface area (Å²) in [6, 6.07) is 4.31. The summed E-state index contributed by atoms with van der Waals surface area (Å²) in [7, 11) is 0. The number of aryl methyl sites for hydroxylation is 1. The van der Waals surface area contributed by atoms with Gasteiger partial charge in [0.2, 0.25) is 0 Å². The number of nitrogens with zero attached hydrogens (tertiary/aromatic N) is 2. The van der Waals surface area contributed by atoms with Gasteiger partial charge in [0.25, 0.3) is 0 Å². The van der Waals surface area contributed by atoms with Gasteiger partial charge in [-0.15, -0.1) is 0 Å². The highest BCUT2D eigenvalue weighted by atomic mass is 15.0. The summed E-state index contributed by atoms with van der Waals surface area (Å²) >= 11 is 0. The molecule has 2 rings (SSSR count). The fourth-order valence-corrected chi connectivity index (χ4v) is 1.64. The monoisotopic (exact) mass is 174 g/mol. The van der Waals surface area contributed by atoms with Crippen LogP contribution in [-0.4, -0.2) is 9.38 Å². The van der Waals surface area contributed by atoms with E-state index in [0.717, 1.165) is 5.65 Å². The minimum atomic E-state index is 0.539. The molecule has 2 aromatic heterocycles. The zero-order chi connectivity index (χ0) is 9.42. The first-order valence-electron chi connectivity index (χ1n) is 4.62. The summed E-state index contributed by atoms with van der Waals surface area (Å²) in [6.45, 7) is 6.49. The van der Waals surface area contributed by atoms with E-state index < -0.39 is 0 Å². The third-order valence-electron chi connectivity index (χ3n) is 2.37. The Balaban J connectivity index is 2.78. The second kappa shape index (κ2) is 2.87. The van der Waals surface area contributed by atoms with Crippen LogP contribution in [0.2, 0.25) is 0 Å². The Bertz CT molecular complexity index is 427. The highest BCUT2D eigenvalue weighted by Crippen LogP contribution is 2.18. The van der Waals surface area contributed by atoms with Crippen molar-refractivity contribution in [3.05, 3.63) is 35.8 Å². The molecular weight excluding hydrogens is 160 g/mol. The Kier molecular flexibility index (Phi) is 1.83. The van der Waals surface area contributed by atoms with Crippen molar-refractivity contribution in [1.82, 2.24) is 9.38 Å². The molecule has 0 unspecified atom stereocenters. The van der Waals surface area contributed by atoms with E-state index in [2.05, 4.69) is 42.3 Å². The van der Waals surface area contributed by atoms with E-state index in [1.54, 1.807) is 0 Å². The molecule has 0 spiro atoms. The first-order valence-corrected chi connectivity index (χ1v) is 4.62. The number of hydrogen-bond acceptors (Lipinski definition) is 1. The van der Waals surface area contributed by atoms with Crippen LogP contribution in [0.1, 0.15) is 31.0 Å². The predicted octanol–water partition coefficient (Wildman–Crippen LogP) is 2.77. The Hall–Kier alpha value is -1.31. The van der Waals surface area contributed by atoms with E-state index >= 15 is 0 Å². The van der Waals surface area contributed by atoms with Gasteiger partial charge >= 0.3 is 0 Å². The van der Waals surface area contributed by atoms with Gasteiger partial charge in [-0.2, -0.15) is 0 Å². The van der Waals surface area contributed by atoms with Gasteiger partial charge in [0.05, 0.1) is 0 Å². The summed E-state index contributed by atoms with van der Waals surface area (Å²) in [4.78, 5) is 4.32. The van der Waals surface area contributed by atoms with Crippen LogP contribution in [0.25, 0.3) is 5.65 Å². The van der Waals surface area contributed by atoms with Gasteiger partial charge in [0, 0.05) is 18.1 Å². The Morgan fingerprint density at radius 3 is 2.77 bits per heavy atom. The van der Waals surface area contributed by atoms with Crippen molar-refractivity contribution < 1.29 is 0 Å². The molecule has 0 radical (unpaired) electrons. The van der Waals surface area contributed by atoms with Crippen molar-refractivity contribution in [3.63, 3.8) is 0 Å². The summed E-state index contributed by atoms with van der Waals surface area (Å²) in [5, 5.41) is 0. The molecule has 0 N–H and O–H groups in total. The molecule has 2 heterocycles. The Labute approximate surface area is 78.2 Å². The van der Waals surface area contributed by atoms with Crippen molar-refractivity contribution in [1.29, 1.82) is 0 Å². The molecule has 0 saturated heterocycles. The largest absolute Gasteiger partial charge is 0.304 e. The second-order valence-electron chi connectivity index (χ2n) is 3.72. The van der Waals surface area contributed by atoms with Gasteiger partial charge in [-0.1, -0.05) is 19.9 Å². The van der Waals surface area contributed by atoms with Crippen molar-refractivity contribution in [2.75, 3.05) is 0 Å². The van der Waals surface area contributed by atoms with E-state index in [9.17, 15) is 0 Å². The highest BCUT2D eigenvalue weighted by Gasteiger charge is 2.06. The molecule has 0 aliphatic rings. The van der Waals surface area contributed by atoms with Gasteiger partial charge in [0.1, 0.15) is 5.65 Å². The number of aromatic nitrogens is 2. The lowest BCUT2D eigenvalue weighted by Gasteiger charge is -2.09. The molecule has 13 heavy (non-hydrogen) atoms. The van der Waals surface area contributed by atoms with Gasteiger partial charge in [-0.25, -0.2) is 4.98 Å². The molecule has 0 aliphatic heterocycles. The first kappa shape index (κ1) is 8.30. The molecule has 0 aromatic carbocycles. The molecule has 68 valence electrons. The minimum Gasteiger partial charge on any atom is -0.304 e. The van der Waals surface area contributed by atoms with Crippen LogP contribution in [-0.2, 0) is 0 Å². The maximum Gasteiger partial charge on any atom is 0.139 e. The Morgan fingerprint density at radius 2 is 2.08 bits per heavy atom. The van der Waals surface area contributed by atoms with Crippen LogP contribution in [0, 0.1) is 6.92 Å². The van der Waals surface area contributed by atoms with Crippen LogP contribution in [0.5, 0.6) is 0 Å². The zero-order valence-electron chi connectivity index (χ0n) is 8.28. The molecule has 2 heteroatoms. The fourth-order valence-electron chi connectivity index (χ4n) is 1.64. The second-order valence-corrected chi connectivity index (χ2v) is 3.72. The van der Waals surface area contributed by atoms with Crippen molar-refractivity contribution in [3.8, 4) is 0 Å². The third-order valence-corrected chi connectivity index (χ3v) is 2.37. The molecule has 2 nitrogen and oxygen atoms in total. The maximum atomic E-state index is 4.32. The van der Waals surface area contributed by atoms with E-state index in [0.29, 0.717) is 5.92 Å². The topological polar surface area (TPSA) is 17.3 Å². The molecule has 0 bridgehead atoms. The summed E-state index contributed by atoms with van der Waals surface area (Å²) < 4.78 is 2.17. The lowest BCUT2D eigenvalue weighted by Crippen LogP contribution is -1.98.